The number of piperidine rings is 1. The molecule has 1 aliphatic heterocycles. The summed E-state index contributed by atoms with van der Waals surface area (Å²) in [6.45, 7) is 3.98. The topological polar surface area (TPSA) is 24.5 Å². The maximum atomic E-state index is 6.00. The summed E-state index contributed by atoms with van der Waals surface area (Å²) in [4.78, 5) is 2.37. The van der Waals surface area contributed by atoms with Crippen LogP contribution in [0, 0.1) is 0 Å². The van der Waals surface area contributed by atoms with Crippen molar-refractivity contribution in [1.29, 1.82) is 0 Å². The number of benzene rings is 1. The molecule has 1 aromatic rings. The lowest BCUT2D eigenvalue weighted by Crippen LogP contribution is -2.34. The molecule has 0 radical (unpaired) electrons. The standard InChI is InChI=1S/C15H24N2O/c1-16-11-13-4-3-5-14(10-13)12-18-15-6-8-17(2)9-7-15/h3-5,10,15-16H,6-9,11-12H2,1-2H3. The molecule has 3 nitrogen and oxygen atoms in total. The number of rotatable bonds is 5. The number of nitrogens with zero attached hydrogens (tertiary/aromatic N) is 1. The van der Waals surface area contributed by atoms with Crippen LogP contribution < -0.4 is 5.32 Å². The molecule has 1 heterocycles. The Labute approximate surface area is 110 Å². The third-order valence-electron chi connectivity index (χ3n) is 3.52. The van der Waals surface area contributed by atoms with Gasteiger partial charge in [0.1, 0.15) is 0 Å². The van der Waals surface area contributed by atoms with E-state index in [9.17, 15) is 0 Å². The molecule has 0 saturated carbocycles. The van der Waals surface area contributed by atoms with E-state index in [0.717, 1.165) is 39.1 Å². The van der Waals surface area contributed by atoms with Crippen LogP contribution in [0.3, 0.4) is 0 Å². The van der Waals surface area contributed by atoms with Crippen LogP contribution in [-0.4, -0.2) is 38.2 Å². The fourth-order valence-corrected chi connectivity index (χ4v) is 2.40. The third kappa shape index (κ3) is 4.09. The Morgan fingerprint density at radius 3 is 2.72 bits per heavy atom. The summed E-state index contributed by atoms with van der Waals surface area (Å²) in [6, 6.07) is 8.63. The summed E-state index contributed by atoms with van der Waals surface area (Å²) in [5, 5.41) is 3.18. The van der Waals surface area contributed by atoms with E-state index in [1.54, 1.807) is 0 Å². The van der Waals surface area contributed by atoms with Gasteiger partial charge in [0.2, 0.25) is 0 Å². The summed E-state index contributed by atoms with van der Waals surface area (Å²) in [5.74, 6) is 0. The van der Waals surface area contributed by atoms with Crippen molar-refractivity contribution in [3.05, 3.63) is 35.4 Å². The number of likely N-dealkylation sites (tertiary alicyclic amines) is 1. The highest BCUT2D eigenvalue weighted by Gasteiger charge is 2.16. The van der Waals surface area contributed by atoms with E-state index in [1.165, 1.54) is 11.1 Å². The lowest BCUT2D eigenvalue weighted by Gasteiger charge is -2.28. The first kappa shape index (κ1) is 13.5. The van der Waals surface area contributed by atoms with E-state index in [1.807, 2.05) is 7.05 Å². The largest absolute Gasteiger partial charge is 0.373 e. The van der Waals surface area contributed by atoms with Gasteiger partial charge in [-0.25, -0.2) is 0 Å². The van der Waals surface area contributed by atoms with Gasteiger partial charge in [0.05, 0.1) is 12.7 Å². The first-order valence-corrected chi connectivity index (χ1v) is 6.80. The van der Waals surface area contributed by atoms with Gasteiger partial charge in [-0.05, 0) is 38.1 Å². The minimum Gasteiger partial charge on any atom is -0.373 e. The molecule has 100 valence electrons. The van der Waals surface area contributed by atoms with Gasteiger partial charge in [0.25, 0.3) is 0 Å². The second-order valence-electron chi connectivity index (χ2n) is 5.16. The molecule has 0 bridgehead atoms. The zero-order chi connectivity index (χ0) is 12.8. The molecule has 18 heavy (non-hydrogen) atoms. The van der Waals surface area contributed by atoms with E-state index in [2.05, 4.69) is 41.5 Å². The van der Waals surface area contributed by atoms with E-state index in [-0.39, 0.29) is 0 Å². The van der Waals surface area contributed by atoms with Crippen molar-refractivity contribution in [3.63, 3.8) is 0 Å². The van der Waals surface area contributed by atoms with E-state index >= 15 is 0 Å². The van der Waals surface area contributed by atoms with Crippen LogP contribution >= 0.6 is 0 Å². The molecule has 1 aliphatic rings. The Kier molecular flexibility index (Phi) is 5.17. The summed E-state index contributed by atoms with van der Waals surface area (Å²) in [6.07, 6.45) is 2.76. The number of hydrogen-bond acceptors (Lipinski definition) is 3. The Hall–Kier alpha value is -0.900. The smallest absolute Gasteiger partial charge is 0.0720 e. The molecule has 3 heteroatoms. The summed E-state index contributed by atoms with van der Waals surface area (Å²) < 4.78 is 6.00. The predicted octanol–water partition coefficient (Wildman–Crippen LogP) is 2.02. The van der Waals surface area contributed by atoms with Crippen LogP contribution in [0.5, 0.6) is 0 Å². The summed E-state index contributed by atoms with van der Waals surface area (Å²) in [5.41, 5.74) is 2.60. The number of nitrogens with one attached hydrogen (secondary N) is 1. The van der Waals surface area contributed by atoms with E-state index in [4.69, 9.17) is 4.74 Å². The van der Waals surface area contributed by atoms with Crippen LogP contribution in [0.2, 0.25) is 0 Å². The average molecular weight is 248 g/mol. The maximum absolute atomic E-state index is 6.00. The second-order valence-corrected chi connectivity index (χ2v) is 5.16. The Morgan fingerprint density at radius 1 is 1.28 bits per heavy atom. The van der Waals surface area contributed by atoms with Crippen molar-refractivity contribution >= 4 is 0 Å². The van der Waals surface area contributed by atoms with Gasteiger partial charge in [-0.1, -0.05) is 24.3 Å². The highest BCUT2D eigenvalue weighted by molar-refractivity contribution is 5.22. The molecule has 1 fully saturated rings. The Balaban J connectivity index is 1.80. The van der Waals surface area contributed by atoms with Crippen LogP contribution in [0.1, 0.15) is 24.0 Å². The number of hydrogen-bond donors (Lipinski definition) is 1. The SMILES string of the molecule is CNCc1cccc(COC2CCN(C)CC2)c1. The first-order chi connectivity index (χ1) is 8.78. The zero-order valence-corrected chi connectivity index (χ0v) is 11.5. The van der Waals surface area contributed by atoms with Crippen molar-refractivity contribution in [3.8, 4) is 0 Å². The molecule has 1 aromatic carbocycles. The fourth-order valence-electron chi connectivity index (χ4n) is 2.40. The zero-order valence-electron chi connectivity index (χ0n) is 11.5. The molecule has 1 saturated heterocycles. The highest BCUT2D eigenvalue weighted by atomic mass is 16.5. The molecular weight excluding hydrogens is 224 g/mol. The molecule has 2 rings (SSSR count). The monoisotopic (exact) mass is 248 g/mol. The normalized spacial score (nSPS) is 18.1. The Bertz CT molecular complexity index is 359. The minimum absolute atomic E-state index is 0.439. The molecule has 0 unspecified atom stereocenters. The molecular formula is C15H24N2O. The van der Waals surface area contributed by atoms with Gasteiger partial charge in [0, 0.05) is 19.6 Å². The van der Waals surface area contributed by atoms with Crippen molar-refractivity contribution < 1.29 is 4.74 Å². The van der Waals surface area contributed by atoms with Crippen molar-refractivity contribution in [2.24, 2.45) is 0 Å². The molecule has 0 aliphatic carbocycles. The third-order valence-corrected chi connectivity index (χ3v) is 3.52. The molecule has 0 aromatic heterocycles. The van der Waals surface area contributed by atoms with Crippen LogP contribution in [0.25, 0.3) is 0 Å². The predicted molar refractivity (Wildman–Crippen MR) is 74.5 cm³/mol. The number of ether oxygens (including phenoxy) is 1. The molecule has 0 amide bonds. The van der Waals surface area contributed by atoms with Crippen molar-refractivity contribution in [2.75, 3.05) is 27.2 Å². The fraction of sp³-hybridized carbons (Fsp3) is 0.600. The van der Waals surface area contributed by atoms with Gasteiger partial charge in [-0.3, -0.25) is 0 Å². The summed E-state index contributed by atoms with van der Waals surface area (Å²) in [7, 11) is 4.15. The van der Waals surface area contributed by atoms with E-state index in [0.29, 0.717) is 6.10 Å². The highest BCUT2D eigenvalue weighted by Crippen LogP contribution is 2.15. The lowest BCUT2D eigenvalue weighted by atomic mass is 10.1. The minimum atomic E-state index is 0.439. The molecule has 0 spiro atoms. The van der Waals surface area contributed by atoms with Gasteiger partial charge < -0.3 is 15.0 Å². The average Bonchev–Trinajstić information content (AvgIpc) is 2.39. The molecule has 0 atom stereocenters. The summed E-state index contributed by atoms with van der Waals surface area (Å²) >= 11 is 0. The Morgan fingerprint density at radius 2 is 2.00 bits per heavy atom. The van der Waals surface area contributed by atoms with Crippen LogP contribution in [0.4, 0.5) is 0 Å². The lowest BCUT2D eigenvalue weighted by molar-refractivity contribution is 0.00211. The van der Waals surface area contributed by atoms with Crippen molar-refractivity contribution in [2.45, 2.75) is 32.1 Å². The van der Waals surface area contributed by atoms with E-state index < -0.39 is 0 Å². The van der Waals surface area contributed by atoms with Gasteiger partial charge >= 0.3 is 0 Å². The quantitative estimate of drug-likeness (QED) is 0.863. The molecule has 1 N–H and O–H groups in total. The second kappa shape index (κ2) is 6.88. The van der Waals surface area contributed by atoms with Gasteiger partial charge in [-0.2, -0.15) is 0 Å². The van der Waals surface area contributed by atoms with Crippen molar-refractivity contribution in [1.82, 2.24) is 10.2 Å². The van der Waals surface area contributed by atoms with Gasteiger partial charge in [-0.15, -0.1) is 0 Å². The first-order valence-electron chi connectivity index (χ1n) is 6.80. The van der Waals surface area contributed by atoms with Crippen LogP contribution in [0.15, 0.2) is 24.3 Å². The maximum Gasteiger partial charge on any atom is 0.0720 e. The van der Waals surface area contributed by atoms with Gasteiger partial charge in [0.15, 0.2) is 0 Å². The van der Waals surface area contributed by atoms with Crippen LogP contribution in [-0.2, 0) is 17.9 Å².